The number of hydrogen-bond acceptors (Lipinski definition) is 4. The van der Waals surface area contributed by atoms with Crippen LogP contribution in [-0.2, 0) is 7.05 Å². The molecular formula is C19H19BrN2O2S. The highest BCUT2D eigenvalue weighted by atomic mass is 79.9. The molecule has 2 aromatic carbocycles. The van der Waals surface area contributed by atoms with Crippen LogP contribution in [0, 0.1) is 0 Å². The van der Waals surface area contributed by atoms with E-state index < -0.39 is 0 Å². The van der Waals surface area contributed by atoms with Crippen LogP contribution in [0.15, 0.2) is 57.3 Å². The van der Waals surface area contributed by atoms with Crippen LogP contribution in [0.2, 0.25) is 0 Å². The lowest BCUT2D eigenvalue weighted by atomic mass is 10.1. The fourth-order valence-corrected chi connectivity index (χ4v) is 3.92. The molecule has 0 unspecified atom stereocenters. The minimum absolute atomic E-state index is 0.664. The molecule has 0 atom stereocenters. The van der Waals surface area contributed by atoms with E-state index in [1.807, 2.05) is 50.4 Å². The van der Waals surface area contributed by atoms with Gasteiger partial charge in [0.2, 0.25) is 0 Å². The molecule has 0 aliphatic rings. The fraction of sp³-hybridized carbons (Fsp3) is 0.211. The minimum Gasteiger partial charge on any atom is -0.496 e. The molecule has 0 saturated heterocycles. The van der Waals surface area contributed by atoms with Gasteiger partial charge in [0.1, 0.15) is 11.5 Å². The van der Waals surface area contributed by atoms with Crippen molar-refractivity contribution in [2.75, 3.05) is 13.7 Å². The SMILES string of the molecule is CCOc1ccc(N=c2scc(-c3ccc(OC)c(Br)c3)n2C)cc1. The topological polar surface area (TPSA) is 35.8 Å². The molecule has 0 spiro atoms. The smallest absolute Gasteiger partial charge is 0.190 e. The molecule has 4 nitrogen and oxygen atoms in total. The van der Waals surface area contributed by atoms with Gasteiger partial charge in [-0.15, -0.1) is 11.3 Å². The van der Waals surface area contributed by atoms with Crippen LogP contribution >= 0.6 is 27.3 Å². The highest BCUT2D eigenvalue weighted by Crippen LogP contribution is 2.30. The van der Waals surface area contributed by atoms with E-state index in [2.05, 4.69) is 31.9 Å². The molecule has 0 saturated carbocycles. The highest BCUT2D eigenvalue weighted by Gasteiger charge is 2.08. The average molecular weight is 419 g/mol. The Morgan fingerprint density at radius 2 is 1.92 bits per heavy atom. The molecule has 0 amide bonds. The number of ether oxygens (including phenoxy) is 2. The zero-order valence-corrected chi connectivity index (χ0v) is 16.7. The molecule has 0 radical (unpaired) electrons. The van der Waals surface area contributed by atoms with Crippen LogP contribution in [0.3, 0.4) is 0 Å². The first-order valence-corrected chi connectivity index (χ1v) is 9.55. The normalized spacial score (nSPS) is 11.6. The fourth-order valence-electron chi connectivity index (χ4n) is 2.45. The van der Waals surface area contributed by atoms with Gasteiger partial charge in [0.15, 0.2) is 4.80 Å². The lowest BCUT2D eigenvalue weighted by Gasteiger charge is -2.07. The summed E-state index contributed by atoms with van der Waals surface area (Å²) in [6, 6.07) is 13.9. The monoisotopic (exact) mass is 418 g/mol. The van der Waals surface area contributed by atoms with Gasteiger partial charge in [0.05, 0.1) is 29.6 Å². The average Bonchev–Trinajstić information content (AvgIpc) is 2.97. The summed E-state index contributed by atoms with van der Waals surface area (Å²) in [5.74, 6) is 1.68. The molecule has 25 heavy (non-hydrogen) atoms. The third-order valence-corrected chi connectivity index (χ3v) is 5.28. The number of hydrogen-bond donors (Lipinski definition) is 0. The van der Waals surface area contributed by atoms with E-state index in [0.717, 1.165) is 37.7 Å². The Morgan fingerprint density at radius 3 is 2.56 bits per heavy atom. The Kier molecular flexibility index (Phi) is 5.60. The summed E-state index contributed by atoms with van der Waals surface area (Å²) in [6.07, 6.45) is 0. The first-order chi connectivity index (χ1) is 12.1. The third-order valence-electron chi connectivity index (χ3n) is 3.74. The van der Waals surface area contributed by atoms with Crippen molar-refractivity contribution >= 4 is 33.0 Å². The van der Waals surface area contributed by atoms with Gasteiger partial charge >= 0.3 is 0 Å². The summed E-state index contributed by atoms with van der Waals surface area (Å²) in [5.41, 5.74) is 3.13. The standard InChI is InChI=1S/C19H19BrN2O2S/c1-4-24-15-8-6-14(7-9-15)21-19-22(2)17(12-25-19)13-5-10-18(23-3)16(20)11-13/h5-12H,4H2,1-3H3. The van der Waals surface area contributed by atoms with Crippen molar-refractivity contribution in [3.63, 3.8) is 0 Å². The zero-order valence-electron chi connectivity index (χ0n) is 14.3. The van der Waals surface area contributed by atoms with E-state index in [0.29, 0.717) is 6.61 Å². The number of benzene rings is 2. The molecule has 0 aliphatic heterocycles. The van der Waals surface area contributed by atoms with E-state index in [1.54, 1.807) is 18.4 Å². The van der Waals surface area contributed by atoms with Crippen molar-refractivity contribution < 1.29 is 9.47 Å². The molecular weight excluding hydrogens is 400 g/mol. The van der Waals surface area contributed by atoms with Crippen LogP contribution < -0.4 is 14.3 Å². The number of halogens is 1. The van der Waals surface area contributed by atoms with Crippen molar-refractivity contribution in [3.8, 4) is 22.8 Å². The van der Waals surface area contributed by atoms with Crippen molar-refractivity contribution in [1.29, 1.82) is 0 Å². The van der Waals surface area contributed by atoms with Crippen LogP contribution in [-0.4, -0.2) is 18.3 Å². The molecule has 1 aromatic heterocycles. The van der Waals surface area contributed by atoms with Gasteiger partial charge in [-0.1, -0.05) is 0 Å². The van der Waals surface area contributed by atoms with Crippen LogP contribution in [0.25, 0.3) is 11.3 Å². The molecule has 1 heterocycles. The second kappa shape index (κ2) is 7.89. The van der Waals surface area contributed by atoms with E-state index in [1.165, 1.54) is 0 Å². The molecule has 130 valence electrons. The third kappa shape index (κ3) is 3.96. The van der Waals surface area contributed by atoms with Gasteiger partial charge < -0.3 is 14.0 Å². The van der Waals surface area contributed by atoms with Gasteiger partial charge in [-0.2, -0.15) is 0 Å². The number of thiazole rings is 1. The number of nitrogens with zero attached hydrogens (tertiary/aromatic N) is 2. The predicted molar refractivity (Wildman–Crippen MR) is 106 cm³/mol. The maximum atomic E-state index is 5.47. The highest BCUT2D eigenvalue weighted by molar-refractivity contribution is 9.10. The van der Waals surface area contributed by atoms with E-state index in [4.69, 9.17) is 14.5 Å². The summed E-state index contributed by atoms with van der Waals surface area (Å²) in [7, 11) is 3.69. The van der Waals surface area contributed by atoms with E-state index >= 15 is 0 Å². The van der Waals surface area contributed by atoms with Crippen molar-refractivity contribution in [2.24, 2.45) is 12.0 Å². The molecule has 0 fully saturated rings. The number of methoxy groups -OCH3 is 1. The molecule has 3 rings (SSSR count). The van der Waals surface area contributed by atoms with E-state index in [-0.39, 0.29) is 0 Å². The Balaban J connectivity index is 1.94. The van der Waals surface area contributed by atoms with Gasteiger partial charge in [0, 0.05) is 18.0 Å². The van der Waals surface area contributed by atoms with Crippen molar-refractivity contribution in [2.45, 2.75) is 6.92 Å². The summed E-state index contributed by atoms with van der Waals surface area (Å²) in [6.45, 7) is 2.64. The lowest BCUT2D eigenvalue weighted by molar-refractivity contribution is 0.340. The second-order valence-electron chi connectivity index (χ2n) is 5.35. The van der Waals surface area contributed by atoms with Crippen molar-refractivity contribution in [1.82, 2.24) is 4.57 Å². The maximum absolute atomic E-state index is 5.47. The van der Waals surface area contributed by atoms with Gasteiger partial charge in [0.25, 0.3) is 0 Å². The Morgan fingerprint density at radius 1 is 1.16 bits per heavy atom. The first-order valence-electron chi connectivity index (χ1n) is 7.88. The van der Waals surface area contributed by atoms with Gasteiger partial charge in [-0.25, -0.2) is 4.99 Å². The quantitative estimate of drug-likeness (QED) is 0.573. The Bertz CT molecular complexity index is 929. The minimum atomic E-state index is 0.664. The summed E-state index contributed by atoms with van der Waals surface area (Å²) >= 11 is 5.16. The number of rotatable bonds is 5. The number of aromatic nitrogens is 1. The molecule has 3 aromatic rings. The molecule has 6 heteroatoms. The van der Waals surface area contributed by atoms with Crippen LogP contribution in [0.5, 0.6) is 11.5 Å². The second-order valence-corrected chi connectivity index (χ2v) is 7.04. The van der Waals surface area contributed by atoms with Gasteiger partial charge in [-0.3, -0.25) is 0 Å². The molecule has 0 bridgehead atoms. The Labute approximate surface area is 159 Å². The summed E-state index contributed by atoms with van der Waals surface area (Å²) in [4.78, 5) is 5.67. The van der Waals surface area contributed by atoms with Crippen LogP contribution in [0.4, 0.5) is 5.69 Å². The van der Waals surface area contributed by atoms with E-state index in [9.17, 15) is 0 Å². The predicted octanol–water partition coefficient (Wildman–Crippen LogP) is 5.16. The van der Waals surface area contributed by atoms with Gasteiger partial charge in [-0.05, 0) is 65.3 Å². The molecule has 0 aliphatic carbocycles. The zero-order chi connectivity index (χ0) is 17.8. The Hall–Kier alpha value is -2.05. The van der Waals surface area contributed by atoms with Crippen LogP contribution in [0.1, 0.15) is 6.92 Å². The summed E-state index contributed by atoms with van der Waals surface area (Å²) < 4.78 is 13.8. The molecule has 0 N–H and O–H groups in total. The summed E-state index contributed by atoms with van der Waals surface area (Å²) in [5, 5.41) is 2.11. The van der Waals surface area contributed by atoms with Crippen molar-refractivity contribution in [3.05, 3.63) is 57.1 Å². The largest absolute Gasteiger partial charge is 0.496 e. The lowest BCUT2D eigenvalue weighted by Crippen LogP contribution is -2.10. The maximum Gasteiger partial charge on any atom is 0.190 e. The first kappa shape index (κ1) is 17.8.